The standard InChI is InChI=1S/C53H65N13O11S3/c1-26(2)16-34-51-63-37(24-79-51)48(75)58-32(18-30-12-14-31(67)15-13-30)46(73)61-35(19-39(54)68)52-62-36(23-78-52)45(72)57-21-41(70)55-20-40(69)56-22-42(71)65-43(27(3)4)50(77)59-33(17-29-10-8-7-9-11-29)47(74)66-44(28(5)6)53-64-38(25-80-53)49(76)60-34/h7-15,23-28,32-35,43-44,67H,16-22H2,1-6H3,(H2,54,68)(H,55,70)(H,56,69)(H,57,72)(H,58,75)(H,59,77)(H,60,76)(H,61,73)(H,65,71)(H,66,74). The Labute approximate surface area is 473 Å². The van der Waals surface area contributed by atoms with E-state index in [0.717, 1.165) is 39.6 Å². The molecule has 0 fully saturated rings. The maximum atomic E-state index is 14.4. The van der Waals surface area contributed by atoms with Gasteiger partial charge in [-0.2, -0.15) is 0 Å². The molecule has 6 rings (SSSR count). The molecule has 4 heterocycles. The first-order valence-electron chi connectivity index (χ1n) is 25.6. The minimum Gasteiger partial charge on any atom is -0.508 e. The maximum Gasteiger partial charge on any atom is 0.271 e. The SMILES string of the molecule is CC(C)CC1NC(=O)c2csc(n2)C(C(C)C)NC(=O)C(Cc2ccccc2)NC(=O)C(C(C)C)NC(=O)CNC(=O)CNC(=O)CNC(=O)c2csc(n2)C(CC(N)=O)NC(=O)C(Cc2ccc(O)cc2)NC(=O)c2csc1n2. The summed E-state index contributed by atoms with van der Waals surface area (Å²) in [6.45, 7) is 9.23. The highest BCUT2D eigenvalue weighted by Crippen LogP contribution is 2.29. The normalized spacial score (nSPS) is 21.0. The van der Waals surface area contributed by atoms with E-state index in [2.05, 4.69) is 62.8 Å². The van der Waals surface area contributed by atoms with Crippen molar-refractivity contribution in [3.63, 3.8) is 0 Å². The average molecular weight is 1160 g/mol. The van der Waals surface area contributed by atoms with Gasteiger partial charge < -0.3 is 58.7 Å². The number of primary amides is 1. The number of rotatable bonds is 10. The summed E-state index contributed by atoms with van der Waals surface area (Å²) in [5.41, 5.74) is 6.65. The maximum absolute atomic E-state index is 14.4. The highest BCUT2D eigenvalue weighted by molar-refractivity contribution is 7.10. The summed E-state index contributed by atoms with van der Waals surface area (Å²) < 4.78 is 0. The number of thiazole rings is 3. The third kappa shape index (κ3) is 17.9. The minimum atomic E-state index is -1.32. The summed E-state index contributed by atoms with van der Waals surface area (Å²) in [6.07, 6.45) is -0.103. The van der Waals surface area contributed by atoms with Crippen LogP contribution >= 0.6 is 34.0 Å². The predicted octanol–water partition coefficient (Wildman–Crippen LogP) is 2.01. The Morgan fingerprint density at radius 1 is 0.525 bits per heavy atom. The van der Waals surface area contributed by atoms with E-state index in [1.54, 1.807) is 55.6 Å². The van der Waals surface area contributed by atoms with Crippen molar-refractivity contribution < 1.29 is 53.1 Å². The molecule has 0 spiro atoms. The Hall–Kier alpha value is -8.17. The number of hydrogen-bond acceptors (Lipinski definition) is 17. The minimum absolute atomic E-state index is 0.0311. The third-order valence-electron chi connectivity index (χ3n) is 12.3. The lowest BCUT2D eigenvalue weighted by molar-refractivity contribution is -0.133. The molecular formula is C53H65N13O11S3. The summed E-state index contributed by atoms with van der Waals surface area (Å²) in [4.78, 5) is 148. The highest BCUT2D eigenvalue weighted by Gasteiger charge is 2.34. The van der Waals surface area contributed by atoms with Gasteiger partial charge >= 0.3 is 0 Å². The van der Waals surface area contributed by atoms with E-state index in [4.69, 9.17) is 5.73 Å². The summed E-state index contributed by atoms with van der Waals surface area (Å²) in [5, 5.41) is 39.2. The lowest BCUT2D eigenvalue weighted by atomic mass is 9.99. The van der Waals surface area contributed by atoms with Gasteiger partial charge in [0.15, 0.2) is 0 Å². The molecule has 12 N–H and O–H groups in total. The van der Waals surface area contributed by atoms with Crippen LogP contribution in [-0.2, 0) is 46.4 Å². The van der Waals surface area contributed by atoms with E-state index in [1.165, 1.54) is 22.9 Å². The number of nitrogens with two attached hydrogens (primary N) is 1. The Morgan fingerprint density at radius 2 is 0.988 bits per heavy atom. The number of carbonyl (C=O) groups is 10. The fraction of sp³-hybridized carbons (Fsp3) is 0.415. The van der Waals surface area contributed by atoms with Crippen molar-refractivity contribution in [2.24, 2.45) is 23.5 Å². The number of nitrogens with zero attached hydrogens (tertiary/aromatic N) is 3. The van der Waals surface area contributed by atoms with Crippen molar-refractivity contribution in [1.29, 1.82) is 0 Å². The smallest absolute Gasteiger partial charge is 0.271 e. The molecule has 0 radical (unpaired) electrons. The van der Waals surface area contributed by atoms with Crippen LogP contribution in [-0.4, -0.2) is 117 Å². The number of carbonyl (C=O) groups excluding carboxylic acids is 10. The van der Waals surface area contributed by atoms with E-state index in [0.29, 0.717) is 22.0 Å². The number of hydrogen-bond donors (Lipinski definition) is 11. The largest absolute Gasteiger partial charge is 0.508 e. The molecule has 10 amide bonds. The van der Waals surface area contributed by atoms with Crippen LogP contribution in [0.5, 0.6) is 5.75 Å². The Morgan fingerprint density at radius 3 is 1.55 bits per heavy atom. The van der Waals surface area contributed by atoms with Gasteiger partial charge in [-0.1, -0.05) is 84.0 Å². The molecule has 1 aliphatic rings. The van der Waals surface area contributed by atoms with Crippen LogP contribution in [0.3, 0.4) is 0 Å². The number of fused-ring (bicyclic) bond motifs is 6. The topological polar surface area (TPSA) is 364 Å². The predicted molar refractivity (Wildman–Crippen MR) is 297 cm³/mol. The second-order valence-electron chi connectivity index (χ2n) is 20.0. The zero-order valence-electron chi connectivity index (χ0n) is 44.7. The van der Waals surface area contributed by atoms with Crippen molar-refractivity contribution in [3.05, 3.63) is 114 Å². The Kier molecular flexibility index (Phi) is 21.8. The molecule has 2 aromatic carbocycles. The number of nitrogens with one attached hydrogen (secondary N) is 9. The first-order chi connectivity index (χ1) is 38.0. The summed E-state index contributed by atoms with van der Waals surface area (Å²) in [6, 6.07) is 8.67. The quantitative estimate of drug-likeness (QED) is 0.0954. The molecule has 6 bridgehead atoms. The molecule has 3 aromatic heterocycles. The summed E-state index contributed by atoms with van der Waals surface area (Å²) >= 11 is 3.17. The number of phenolic OH excluding ortho intramolecular Hbond substituents is 1. The van der Waals surface area contributed by atoms with Crippen molar-refractivity contribution >= 4 is 93.1 Å². The summed E-state index contributed by atoms with van der Waals surface area (Å²) in [5.74, 6) is -8.02. The molecule has 0 aliphatic carbocycles. The number of aromatic hydroxyl groups is 1. The van der Waals surface area contributed by atoms with Gasteiger partial charge in [-0.3, -0.25) is 47.9 Å². The lowest BCUT2D eigenvalue weighted by Gasteiger charge is -2.27. The number of phenols is 1. The van der Waals surface area contributed by atoms with Crippen molar-refractivity contribution in [3.8, 4) is 5.75 Å². The average Bonchev–Trinajstić information content (AvgIpc) is 4.22. The van der Waals surface area contributed by atoms with Crippen LogP contribution in [0.15, 0.2) is 70.7 Å². The molecular weight excluding hydrogens is 1090 g/mol. The van der Waals surface area contributed by atoms with Gasteiger partial charge in [-0.15, -0.1) is 34.0 Å². The van der Waals surface area contributed by atoms with Crippen molar-refractivity contribution in [2.75, 3.05) is 19.6 Å². The van der Waals surface area contributed by atoms with Crippen molar-refractivity contribution in [2.45, 2.75) is 103 Å². The van der Waals surface area contributed by atoms with Crippen LogP contribution < -0.4 is 53.6 Å². The second kappa shape index (κ2) is 28.6. The monoisotopic (exact) mass is 1160 g/mol. The highest BCUT2D eigenvalue weighted by atomic mass is 32.1. The van der Waals surface area contributed by atoms with E-state index < -0.39 is 127 Å². The van der Waals surface area contributed by atoms with E-state index in [1.807, 2.05) is 33.8 Å². The molecule has 0 saturated carbocycles. The van der Waals surface area contributed by atoms with E-state index >= 15 is 0 Å². The molecule has 1 aliphatic heterocycles. The molecule has 80 heavy (non-hydrogen) atoms. The molecule has 5 aromatic rings. The molecule has 27 heteroatoms. The first kappa shape index (κ1) is 61.0. The first-order valence-corrected chi connectivity index (χ1v) is 28.3. The molecule has 0 saturated heterocycles. The van der Waals surface area contributed by atoms with Gasteiger partial charge in [-0.25, -0.2) is 15.0 Å². The van der Waals surface area contributed by atoms with Crippen molar-refractivity contribution in [1.82, 2.24) is 62.8 Å². The molecule has 6 unspecified atom stereocenters. The van der Waals surface area contributed by atoms with Crippen LogP contribution in [0.1, 0.15) is 130 Å². The van der Waals surface area contributed by atoms with Gasteiger partial charge in [0.25, 0.3) is 17.7 Å². The number of benzene rings is 2. The van der Waals surface area contributed by atoms with Crippen LogP contribution in [0.2, 0.25) is 0 Å². The van der Waals surface area contributed by atoms with Gasteiger partial charge in [0.05, 0.1) is 44.2 Å². The summed E-state index contributed by atoms with van der Waals surface area (Å²) in [7, 11) is 0. The van der Waals surface area contributed by atoms with E-state index in [-0.39, 0.29) is 52.5 Å². The van der Waals surface area contributed by atoms with Gasteiger partial charge in [-0.05, 0) is 47.4 Å². The second-order valence-corrected chi connectivity index (χ2v) is 22.7. The zero-order valence-corrected chi connectivity index (χ0v) is 47.2. The number of aromatic nitrogens is 3. The van der Waals surface area contributed by atoms with Gasteiger partial charge in [0, 0.05) is 29.0 Å². The Balaban J connectivity index is 1.30. The lowest BCUT2D eigenvalue weighted by Crippen LogP contribution is -2.57. The van der Waals surface area contributed by atoms with Crippen LogP contribution in [0.25, 0.3) is 0 Å². The molecule has 24 nitrogen and oxygen atoms in total. The number of amides is 10. The van der Waals surface area contributed by atoms with E-state index in [9.17, 15) is 53.1 Å². The molecule has 6 atom stereocenters. The van der Waals surface area contributed by atoms with Gasteiger partial charge in [0.2, 0.25) is 41.4 Å². The van der Waals surface area contributed by atoms with Gasteiger partial charge in [0.1, 0.15) is 56.0 Å². The zero-order chi connectivity index (χ0) is 58.2. The van der Waals surface area contributed by atoms with Crippen LogP contribution in [0, 0.1) is 17.8 Å². The fourth-order valence-electron chi connectivity index (χ4n) is 8.13. The molecule has 426 valence electrons. The fourth-order valence-corrected chi connectivity index (χ4v) is 10.9. The van der Waals surface area contributed by atoms with Crippen LogP contribution in [0.4, 0.5) is 0 Å². The Bertz CT molecular complexity index is 3030. The third-order valence-corrected chi connectivity index (χ3v) is 15.2.